The van der Waals surface area contributed by atoms with Crippen molar-refractivity contribution >= 4 is 0 Å². The molecular weight excluding hydrogens is 250 g/mol. The second-order valence-electron chi connectivity index (χ2n) is 5.82. The normalized spacial score (nSPS) is 11.4. The number of rotatable bonds is 3. The number of hydrogen-bond donors (Lipinski definition) is 1. The van der Waals surface area contributed by atoms with E-state index in [2.05, 4.69) is 36.8 Å². The molecule has 2 N–H and O–H groups in total. The summed E-state index contributed by atoms with van der Waals surface area (Å²) in [6, 6.07) is 8.33. The molecule has 1 aromatic heterocycles. The van der Waals surface area contributed by atoms with E-state index in [4.69, 9.17) is 10.5 Å². The number of hydrogen-bond acceptors (Lipinski definition) is 4. The molecule has 2 rings (SSSR count). The zero-order valence-electron chi connectivity index (χ0n) is 12.5. The van der Waals surface area contributed by atoms with Gasteiger partial charge in [0.2, 0.25) is 0 Å². The van der Waals surface area contributed by atoms with Gasteiger partial charge in [0, 0.05) is 29.6 Å². The van der Waals surface area contributed by atoms with Crippen molar-refractivity contribution in [3.05, 3.63) is 47.3 Å². The van der Waals surface area contributed by atoms with Crippen molar-refractivity contribution in [3.63, 3.8) is 0 Å². The lowest BCUT2D eigenvalue weighted by Crippen LogP contribution is -2.12. The highest BCUT2D eigenvalue weighted by Gasteiger charge is 2.19. The van der Waals surface area contributed by atoms with Crippen LogP contribution in [0.3, 0.4) is 0 Å². The number of para-hydroxylation sites is 1. The van der Waals surface area contributed by atoms with Crippen LogP contribution in [-0.4, -0.2) is 9.97 Å². The van der Waals surface area contributed by atoms with E-state index in [0.717, 1.165) is 22.6 Å². The van der Waals surface area contributed by atoms with Crippen molar-refractivity contribution in [1.82, 2.24) is 9.97 Å². The van der Waals surface area contributed by atoms with Gasteiger partial charge in [-0.25, -0.2) is 4.98 Å². The van der Waals surface area contributed by atoms with E-state index in [0.29, 0.717) is 12.6 Å². The summed E-state index contributed by atoms with van der Waals surface area (Å²) < 4.78 is 5.85. The fraction of sp³-hybridized carbons (Fsp3) is 0.375. The first kappa shape index (κ1) is 14.5. The Balaban J connectivity index is 2.33. The molecule has 4 nitrogen and oxygen atoms in total. The first-order chi connectivity index (χ1) is 9.41. The summed E-state index contributed by atoms with van der Waals surface area (Å²) >= 11 is 0. The van der Waals surface area contributed by atoms with Gasteiger partial charge < -0.3 is 10.5 Å². The molecule has 1 heterocycles. The standard InChI is InChI=1S/C16H21N3O/c1-11-12(9-17)10-18-15(19-11)20-14-8-6-5-7-13(14)16(2,3)4/h5-8,10H,9,17H2,1-4H3. The maximum absolute atomic E-state index is 5.85. The van der Waals surface area contributed by atoms with E-state index in [1.165, 1.54) is 0 Å². The highest BCUT2D eigenvalue weighted by molar-refractivity contribution is 5.39. The second kappa shape index (κ2) is 5.59. The minimum atomic E-state index is 0.00281. The number of aryl methyl sites for hydroxylation is 1. The first-order valence-corrected chi connectivity index (χ1v) is 6.72. The van der Waals surface area contributed by atoms with E-state index in [9.17, 15) is 0 Å². The molecule has 0 saturated heterocycles. The lowest BCUT2D eigenvalue weighted by molar-refractivity contribution is 0.420. The van der Waals surface area contributed by atoms with Crippen LogP contribution in [0.5, 0.6) is 11.8 Å². The molecule has 1 aromatic carbocycles. The van der Waals surface area contributed by atoms with Gasteiger partial charge in [-0.15, -0.1) is 0 Å². The van der Waals surface area contributed by atoms with Gasteiger partial charge in [0.1, 0.15) is 5.75 Å². The Labute approximate surface area is 120 Å². The lowest BCUT2D eigenvalue weighted by Gasteiger charge is -2.22. The minimum Gasteiger partial charge on any atom is -0.424 e. The Morgan fingerprint density at radius 3 is 2.50 bits per heavy atom. The fourth-order valence-electron chi connectivity index (χ4n) is 1.99. The maximum atomic E-state index is 5.85. The molecule has 0 aliphatic rings. The predicted molar refractivity (Wildman–Crippen MR) is 79.9 cm³/mol. The molecule has 0 saturated carbocycles. The fourth-order valence-corrected chi connectivity index (χ4v) is 1.99. The molecule has 0 radical (unpaired) electrons. The van der Waals surface area contributed by atoms with Crippen molar-refractivity contribution in [2.75, 3.05) is 0 Å². The maximum Gasteiger partial charge on any atom is 0.322 e. The molecule has 4 heteroatoms. The summed E-state index contributed by atoms with van der Waals surface area (Å²) in [7, 11) is 0. The third-order valence-corrected chi connectivity index (χ3v) is 3.18. The van der Waals surface area contributed by atoms with E-state index in [-0.39, 0.29) is 5.41 Å². The van der Waals surface area contributed by atoms with Crippen LogP contribution in [0.25, 0.3) is 0 Å². The van der Waals surface area contributed by atoms with Gasteiger partial charge >= 0.3 is 6.01 Å². The molecule has 0 aliphatic heterocycles. The zero-order chi connectivity index (χ0) is 14.8. The quantitative estimate of drug-likeness (QED) is 0.930. The van der Waals surface area contributed by atoms with Gasteiger partial charge in [-0.05, 0) is 18.4 Å². The summed E-state index contributed by atoms with van der Waals surface area (Å²) in [6.07, 6.45) is 1.72. The number of nitrogens with zero attached hydrogens (tertiary/aromatic N) is 2. The number of aromatic nitrogens is 2. The van der Waals surface area contributed by atoms with Gasteiger partial charge in [0.25, 0.3) is 0 Å². The van der Waals surface area contributed by atoms with E-state index < -0.39 is 0 Å². The molecule has 106 valence electrons. The van der Waals surface area contributed by atoms with Crippen LogP contribution in [0, 0.1) is 6.92 Å². The molecule has 0 bridgehead atoms. The summed E-state index contributed by atoms with van der Waals surface area (Å²) in [5.41, 5.74) is 8.53. The van der Waals surface area contributed by atoms with Crippen LogP contribution in [0.1, 0.15) is 37.6 Å². The van der Waals surface area contributed by atoms with Crippen molar-refractivity contribution in [2.45, 2.75) is 39.7 Å². The average molecular weight is 271 g/mol. The number of benzene rings is 1. The Bertz CT molecular complexity index is 603. The molecule has 20 heavy (non-hydrogen) atoms. The molecule has 0 spiro atoms. The Morgan fingerprint density at radius 1 is 1.20 bits per heavy atom. The molecule has 0 fully saturated rings. The molecule has 2 aromatic rings. The van der Waals surface area contributed by atoms with Crippen molar-refractivity contribution in [2.24, 2.45) is 5.73 Å². The van der Waals surface area contributed by atoms with Gasteiger partial charge in [0.15, 0.2) is 0 Å². The highest BCUT2D eigenvalue weighted by atomic mass is 16.5. The van der Waals surface area contributed by atoms with Crippen LogP contribution in [0.4, 0.5) is 0 Å². The van der Waals surface area contributed by atoms with E-state index >= 15 is 0 Å². The Kier molecular flexibility index (Phi) is 4.04. The van der Waals surface area contributed by atoms with Crippen molar-refractivity contribution in [3.8, 4) is 11.8 Å². The monoisotopic (exact) mass is 271 g/mol. The summed E-state index contributed by atoms with van der Waals surface area (Å²) in [5.74, 6) is 0.792. The third kappa shape index (κ3) is 3.14. The van der Waals surface area contributed by atoms with Crippen LogP contribution in [0.2, 0.25) is 0 Å². The van der Waals surface area contributed by atoms with Crippen LogP contribution >= 0.6 is 0 Å². The summed E-state index contributed by atoms with van der Waals surface area (Å²) in [4.78, 5) is 8.56. The molecule has 0 amide bonds. The predicted octanol–water partition coefficient (Wildman–Crippen LogP) is 3.33. The topological polar surface area (TPSA) is 61.0 Å². The highest BCUT2D eigenvalue weighted by Crippen LogP contribution is 2.32. The van der Waals surface area contributed by atoms with Crippen molar-refractivity contribution < 1.29 is 4.74 Å². The van der Waals surface area contributed by atoms with Gasteiger partial charge in [-0.2, -0.15) is 4.98 Å². The molecule has 0 unspecified atom stereocenters. The molecular formula is C16H21N3O. The summed E-state index contributed by atoms with van der Waals surface area (Å²) in [5, 5.41) is 0. The van der Waals surface area contributed by atoms with Gasteiger partial charge in [-0.1, -0.05) is 39.0 Å². The first-order valence-electron chi connectivity index (χ1n) is 6.72. The smallest absolute Gasteiger partial charge is 0.322 e. The molecule has 0 atom stereocenters. The second-order valence-corrected chi connectivity index (χ2v) is 5.82. The zero-order valence-corrected chi connectivity index (χ0v) is 12.5. The SMILES string of the molecule is Cc1nc(Oc2ccccc2C(C)(C)C)ncc1CN. The minimum absolute atomic E-state index is 0.00281. The van der Waals surface area contributed by atoms with Crippen LogP contribution < -0.4 is 10.5 Å². The van der Waals surface area contributed by atoms with E-state index in [1.807, 2.05) is 25.1 Å². The third-order valence-electron chi connectivity index (χ3n) is 3.18. The van der Waals surface area contributed by atoms with Crippen molar-refractivity contribution in [1.29, 1.82) is 0 Å². The summed E-state index contributed by atoms with van der Waals surface area (Å²) in [6.45, 7) is 8.80. The van der Waals surface area contributed by atoms with Gasteiger partial charge in [0.05, 0.1) is 0 Å². The Hall–Kier alpha value is -1.94. The number of ether oxygens (including phenoxy) is 1. The Morgan fingerprint density at radius 2 is 1.90 bits per heavy atom. The van der Waals surface area contributed by atoms with Crippen LogP contribution in [-0.2, 0) is 12.0 Å². The van der Waals surface area contributed by atoms with Gasteiger partial charge in [-0.3, -0.25) is 0 Å². The van der Waals surface area contributed by atoms with E-state index in [1.54, 1.807) is 6.20 Å². The molecule has 0 aliphatic carbocycles. The number of nitrogens with two attached hydrogens (primary N) is 1. The largest absolute Gasteiger partial charge is 0.424 e. The lowest BCUT2D eigenvalue weighted by atomic mass is 9.86. The van der Waals surface area contributed by atoms with Crippen LogP contribution in [0.15, 0.2) is 30.5 Å². The average Bonchev–Trinajstić information content (AvgIpc) is 2.38.